The third-order valence-electron chi connectivity index (χ3n) is 6.01. The Kier molecular flexibility index (Phi) is 7.40. The van der Waals surface area contributed by atoms with Crippen LogP contribution in [0.1, 0.15) is 66.4 Å². The summed E-state index contributed by atoms with van der Waals surface area (Å²) in [5, 5.41) is 15.9. The van der Waals surface area contributed by atoms with Gasteiger partial charge in [0.1, 0.15) is 5.00 Å². The average molecular weight is 496 g/mol. The van der Waals surface area contributed by atoms with E-state index in [4.69, 9.17) is 0 Å². The normalized spacial score (nSPS) is 16.0. The highest BCUT2D eigenvalue weighted by atomic mass is 32.1. The smallest absolute Gasteiger partial charge is 0.418 e. The summed E-state index contributed by atoms with van der Waals surface area (Å²) in [4.78, 5) is 37.1. The topological polar surface area (TPSA) is 98.3 Å². The molecule has 2 aromatic rings. The number of hydrogen-bond acceptors (Lipinski definition) is 5. The predicted molar refractivity (Wildman–Crippen MR) is 122 cm³/mol. The van der Waals surface area contributed by atoms with E-state index >= 15 is 0 Å². The number of thiophene rings is 1. The zero-order valence-corrected chi connectivity index (χ0v) is 19.9. The van der Waals surface area contributed by atoms with Crippen molar-refractivity contribution in [3.8, 4) is 0 Å². The molecule has 1 atom stereocenters. The number of rotatable bonds is 6. The predicted octanol–water partition coefficient (Wildman–Crippen LogP) is 4.64. The van der Waals surface area contributed by atoms with E-state index < -0.39 is 35.9 Å². The number of nitrogens with one attached hydrogen (secondary N) is 2. The molecule has 10 heteroatoms. The maximum Gasteiger partial charge on any atom is 0.418 e. The second-order valence-corrected chi connectivity index (χ2v) is 10.5. The van der Waals surface area contributed by atoms with E-state index in [-0.39, 0.29) is 28.1 Å². The molecule has 0 unspecified atom stereocenters. The molecule has 184 valence electrons. The minimum atomic E-state index is -4.65. The number of carboxylic acids is 1. The number of halogens is 3. The van der Waals surface area contributed by atoms with Crippen molar-refractivity contribution in [1.29, 1.82) is 0 Å². The van der Waals surface area contributed by atoms with Crippen molar-refractivity contribution in [2.24, 2.45) is 11.3 Å². The second-order valence-electron chi connectivity index (χ2n) is 9.43. The molecule has 1 aliphatic rings. The molecule has 1 aromatic carbocycles. The number of fused-ring (bicyclic) bond motifs is 1. The molecule has 6 nitrogen and oxygen atoms in total. The molecule has 0 fully saturated rings. The molecule has 1 aliphatic carbocycles. The lowest BCUT2D eigenvalue weighted by Gasteiger charge is -2.33. The van der Waals surface area contributed by atoms with Gasteiger partial charge in [-0.2, -0.15) is 13.2 Å². The number of alkyl halides is 3. The van der Waals surface area contributed by atoms with E-state index in [1.165, 1.54) is 29.5 Å². The van der Waals surface area contributed by atoms with Crippen LogP contribution in [-0.2, 0) is 28.6 Å². The van der Waals surface area contributed by atoms with Crippen molar-refractivity contribution in [2.45, 2.75) is 59.1 Å². The number of carbonyl (C=O) groups is 3. The molecule has 0 saturated carbocycles. The maximum absolute atomic E-state index is 13.4. The van der Waals surface area contributed by atoms with Gasteiger partial charge in [0, 0.05) is 17.3 Å². The maximum atomic E-state index is 13.4. The molecular formula is C24H26F3N2O4S-. The Morgan fingerprint density at radius 1 is 1.09 bits per heavy atom. The van der Waals surface area contributed by atoms with Crippen LogP contribution in [0.3, 0.4) is 0 Å². The van der Waals surface area contributed by atoms with E-state index in [1.807, 2.05) is 0 Å². The fraction of sp³-hybridized carbons (Fsp3) is 0.458. The van der Waals surface area contributed by atoms with Crippen LogP contribution in [-0.4, -0.2) is 17.8 Å². The quantitative estimate of drug-likeness (QED) is 0.610. The van der Waals surface area contributed by atoms with Crippen molar-refractivity contribution in [1.82, 2.24) is 0 Å². The highest BCUT2D eigenvalue weighted by molar-refractivity contribution is 7.17. The van der Waals surface area contributed by atoms with Gasteiger partial charge in [0.15, 0.2) is 0 Å². The number of amides is 2. The van der Waals surface area contributed by atoms with Crippen LogP contribution in [0.2, 0.25) is 0 Å². The summed E-state index contributed by atoms with van der Waals surface area (Å²) >= 11 is 1.21. The summed E-state index contributed by atoms with van der Waals surface area (Å²) in [6.07, 6.45) is -3.45. The van der Waals surface area contributed by atoms with Crippen LogP contribution in [0.25, 0.3) is 0 Å². The van der Waals surface area contributed by atoms with Gasteiger partial charge in [-0.05, 0) is 54.7 Å². The molecule has 34 heavy (non-hydrogen) atoms. The van der Waals surface area contributed by atoms with Crippen LogP contribution in [0.5, 0.6) is 0 Å². The van der Waals surface area contributed by atoms with Gasteiger partial charge >= 0.3 is 6.18 Å². The second kappa shape index (κ2) is 9.77. The van der Waals surface area contributed by atoms with Gasteiger partial charge in [-0.25, -0.2) is 0 Å². The highest BCUT2D eigenvalue weighted by Gasteiger charge is 2.36. The van der Waals surface area contributed by atoms with Gasteiger partial charge in [0.25, 0.3) is 5.91 Å². The van der Waals surface area contributed by atoms with Crippen LogP contribution in [0.4, 0.5) is 23.9 Å². The Morgan fingerprint density at radius 3 is 2.38 bits per heavy atom. The molecule has 0 aliphatic heterocycles. The van der Waals surface area contributed by atoms with Gasteiger partial charge in [0.2, 0.25) is 5.91 Å². The molecule has 0 bridgehead atoms. The third-order valence-corrected chi connectivity index (χ3v) is 7.18. The Bertz CT molecular complexity index is 1100. The Hall–Kier alpha value is -2.88. The third kappa shape index (κ3) is 5.97. The lowest BCUT2D eigenvalue weighted by atomic mass is 9.72. The molecule has 3 rings (SSSR count). The Labute approximate surface area is 199 Å². The van der Waals surface area contributed by atoms with Crippen molar-refractivity contribution >= 4 is 39.8 Å². The summed E-state index contributed by atoms with van der Waals surface area (Å²) in [5.41, 5.74) is -0.487. The fourth-order valence-electron chi connectivity index (χ4n) is 4.08. The molecular weight excluding hydrogens is 469 g/mol. The minimum absolute atomic E-state index is 0.0215. The van der Waals surface area contributed by atoms with Crippen LogP contribution in [0, 0.1) is 11.3 Å². The van der Waals surface area contributed by atoms with Crippen molar-refractivity contribution < 1.29 is 32.7 Å². The number of carboxylic acid groups (broad SMARTS) is 1. The average Bonchev–Trinajstić information content (AvgIpc) is 3.08. The summed E-state index contributed by atoms with van der Waals surface area (Å²) in [6, 6.07) is 4.69. The summed E-state index contributed by atoms with van der Waals surface area (Å²) in [6.45, 7) is 6.38. The lowest BCUT2D eigenvalue weighted by molar-refractivity contribution is -0.305. The number of benzene rings is 1. The molecule has 0 spiro atoms. The molecule has 2 N–H and O–H groups in total. The molecule has 1 heterocycles. The van der Waals surface area contributed by atoms with Crippen molar-refractivity contribution in [3.63, 3.8) is 0 Å². The van der Waals surface area contributed by atoms with Crippen molar-refractivity contribution in [3.05, 3.63) is 45.8 Å². The van der Waals surface area contributed by atoms with E-state index in [0.29, 0.717) is 24.3 Å². The van der Waals surface area contributed by atoms with Gasteiger partial charge < -0.3 is 20.5 Å². The standard InChI is InChI=1S/C24H27F3N2O4S/c1-23(2,3)13-8-9-14-17(12-13)34-22(29-18(30)10-11-19(31)32)20(14)21(33)28-16-7-5-4-6-15(16)24(25,26)27/h4-7,13H,8-12H2,1-3H3,(H,28,33)(H,29,30)(H,31,32)/p-1/t13-/m1/s1. The van der Waals surface area contributed by atoms with Crippen LogP contribution >= 0.6 is 11.3 Å². The van der Waals surface area contributed by atoms with E-state index in [1.54, 1.807) is 0 Å². The number of carbonyl (C=O) groups excluding carboxylic acids is 3. The molecule has 0 saturated heterocycles. The first-order chi connectivity index (χ1) is 15.8. The summed E-state index contributed by atoms with van der Waals surface area (Å²) in [7, 11) is 0. The molecule has 2 amide bonds. The van der Waals surface area contributed by atoms with E-state index in [9.17, 15) is 32.7 Å². The van der Waals surface area contributed by atoms with Gasteiger partial charge in [-0.1, -0.05) is 32.9 Å². The first-order valence-electron chi connectivity index (χ1n) is 10.9. The van der Waals surface area contributed by atoms with Crippen molar-refractivity contribution in [2.75, 3.05) is 10.6 Å². The SMILES string of the molecule is CC(C)(C)[C@@H]1CCc2c(sc(NC(=O)CCC(=O)[O-])c2C(=O)Nc2ccccc2C(F)(F)F)C1. The first-order valence-corrected chi connectivity index (χ1v) is 11.7. The Morgan fingerprint density at radius 2 is 1.76 bits per heavy atom. The number of para-hydroxylation sites is 1. The number of hydrogen-bond donors (Lipinski definition) is 2. The zero-order chi connectivity index (χ0) is 25.3. The first kappa shape index (κ1) is 25.7. The zero-order valence-electron chi connectivity index (χ0n) is 19.1. The number of anilines is 2. The van der Waals surface area contributed by atoms with E-state index in [0.717, 1.165) is 17.4 Å². The van der Waals surface area contributed by atoms with E-state index in [2.05, 4.69) is 31.4 Å². The highest BCUT2D eigenvalue weighted by Crippen LogP contribution is 2.45. The van der Waals surface area contributed by atoms with Crippen LogP contribution in [0.15, 0.2) is 24.3 Å². The van der Waals surface area contributed by atoms with Gasteiger partial charge in [-0.15, -0.1) is 11.3 Å². The molecule has 1 aromatic heterocycles. The summed E-state index contributed by atoms with van der Waals surface area (Å²) in [5.74, 6) is -2.41. The Balaban J connectivity index is 1.96. The molecule has 0 radical (unpaired) electrons. The largest absolute Gasteiger partial charge is 0.550 e. The van der Waals surface area contributed by atoms with Gasteiger partial charge in [-0.3, -0.25) is 9.59 Å². The lowest BCUT2D eigenvalue weighted by Crippen LogP contribution is -2.27. The fourth-order valence-corrected chi connectivity index (χ4v) is 5.42. The van der Waals surface area contributed by atoms with Crippen LogP contribution < -0.4 is 15.7 Å². The van der Waals surface area contributed by atoms with Gasteiger partial charge in [0.05, 0.1) is 16.8 Å². The minimum Gasteiger partial charge on any atom is -0.550 e. The summed E-state index contributed by atoms with van der Waals surface area (Å²) < 4.78 is 40.2. The number of aliphatic carboxylic acids is 1. The monoisotopic (exact) mass is 495 g/mol.